The smallest absolute Gasteiger partial charge is 0.253 e. The van der Waals surface area contributed by atoms with Crippen LogP contribution in [0.4, 0.5) is 10.2 Å². The third kappa shape index (κ3) is 3.94. The minimum absolute atomic E-state index is 0.0794. The summed E-state index contributed by atoms with van der Waals surface area (Å²) in [5, 5.41) is 11.2. The molecule has 1 amide bonds. The van der Waals surface area contributed by atoms with Crippen LogP contribution in [0.3, 0.4) is 0 Å². The molecule has 0 unspecified atom stereocenters. The standard InChI is InChI=1S/C20H22FN7O/c1-13-11-23-19(12-22-13)27(2)18-5-3-4-16(18)26-20(29)15-10-14(21)6-7-17(15)28-24-8-9-25-28/h6-12,16,18H,3-5H2,1-2H3,(H,26,29)/t16-,18-/m0/s1. The van der Waals surface area contributed by atoms with Gasteiger partial charge in [-0.05, 0) is 44.4 Å². The molecule has 0 bridgehead atoms. The highest BCUT2D eigenvalue weighted by Gasteiger charge is 2.33. The first-order valence-corrected chi connectivity index (χ1v) is 9.51. The number of aromatic nitrogens is 5. The van der Waals surface area contributed by atoms with Crippen molar-refractivity contribution < 1.29 is 9.18 Å². The Kier molecular flexibility index (Phi) is 5.20. The number of carbonyl (C=O) groups is 1. The highest BCUT2D eigenvalue weighted by atomic mass is 19.1. The molecule has 0 saturated heterocycles. The second-order valence-corrected chi connectivity index (χ2v) is 7.19. The lowest BCUT2D eigenvalue weighted by atomic mass is 10.1. The minimum atomic E-state index is -0.485. The minimum Gasteiger partial charge on any atom is -0.353 e. The van der Waals surface area contributed by atoms with Gasteiger partial charge in [-0.2, -0.15) is 15.0 Å². The van der Waals surface area contributed by atoms with Gasteiger partial charge in [0, 0.05) is 13.1 Å². The van der Waals surface area contributed by atoms with Crippen LogP contribution < -0.4 is 10.2 Å². The third-order valence-electron chi connectivity index (χ3n) is 5.26. The van der Waals surface area contributed by atoms with Gasteiger partial charge < -0.3 is 10.2 Å². The molecule has 8 nitrogen and oxygen atoms in total. The van der Waals surface area contributed by atoms with Crippen LogP contribution in [-0.4, -0.2) is 50.0 Å². The molecule has 9 heteroatoms. The molecule has 0 spiro atoms. The summed E-state index contributed by atoms with van der Waals surface area (Å²) in [5.74, 6) is -0.0768. The SMILES string of the molecule is Cc1cnc(N(C)[C@H]2CCC[C@@H]2NC(=O)c2cc(F)ccc2-n2nccn2)cn1. The van der Waals surface area contributed by atoms with Crippen molar-refractivity contribution in [2.45, 2.75) is 38.3 Å². The van der Waals surface area contributed by atoms with E-state index in [1.165, 1.54) is 35.4 Å². The number of nitrogens with zero attached hydrogens (tertiary/aromatic N) is 6. The van der Waals surface area contributed by atoms with Gasteiger partial charge >= 0.3 is 0 Å². The summed E-state index contributed by atoms with van der Waals surface area (Å²) in [5.41, 5.74) is 1.48. The molecule has 4 rings (SSSR count). The molecular weight excluding hydrogens is 373 g/mol. The Morgan fingerprint density at radius 3 is 2.72 bits per heavy atom. The number of nitrogens with one attached hydrogen (secondary N) is 1. The van der Waals surface area contributed by atoms with Crippen molar-refractivity contribution >= 4 is 11.7 Å². The molecule has 3 aromatic rings. The number of anilines is 1. The van der Waals surface area contributed by atoms with Crippen LogP contribution >= 0.6 is 0 Å². The van der Waals surface area contributed by atoms with Crippen LogP contribution in [0.5, 0.6) is 0 Å². The first-order valence-electron chi connectivity index (χ1n) is 9.51. The molecule has 2 heterocycles. The monoisotopic (exact) mass is 395 g/mol. The number of likely N-dealkylation sites (N-methyl/N-ethyl adjacent to an activating group) is 1. The maximum atomic E-state index is 13.9. The highest BCUT2D eigenvalue weighted by molar-refractivity contribution is 5.98. The molecule has 2 aromatic heterocycles. The summed E-state index contributed by atoms with van der Waals surface area (Å²) in [7, 11) is 1.95. The fourth-order valence-electron chi connectivity index (χ4n) is 3.76. The van der Waals surface area contributed by atoms with Gasteiger partial charge in [0.15, 0.2) is 0 Å². The van der Waals surface area contributed by atoms with E-state index in [2.05, 4.69) is 25.5 Å². The summed E-state index contributed by atoms with van der Waals surface area (Å²) in [6.45, 7) is 1.89. The first-order chi connectivity index (χ1) is 14.0. The molecule has 1 N–H and O–H groups in total. The van der Waals surface area contributed by atoms with Crippen molar-refractivity contribution in [1.29, 1.82) is 0 Å². The summed E-state index contributed by atoms with van der Waals surface area (Å²) in [6, 6.07) is 4.00. The molecule has 1 aliphatic rings. The summed E-state index contributed by atoms with van der Waals surface area (Å²) >= 11 is 0. The number of hydrogen-bond acceptors (Lipinski definition) is 6. The van der Waals surface area contributed by atoms with Crippen molar-refractivity contribution in [1.82, 2.24) is 30.3 Å². The molecule has 1 aliphatic carbocycles. The third-order valence-corrected chi connectivity index (χ3v) is 5.26. The maximum Gasteiger partial charge on any atom is 0.253 e. The van der Waals surface area contributed by atoms with Crippen LogP contribution in [0.25, 0.3) is 5.69 Å². The molecule has 2 atom stereocenters. The highest BCUT2D eigenvalue weighted by Crippen LogP contribution is 2.27. The van der Waals surface area contributed by atoms with Gasteiger partial charge in [0.05, 0.1) is 47.8 Å². The van der Waals surface area contributed by atoms with Gasteiger partial charge in [-0.15, -0.1) is 0 Å². The number of halogens is 1. The summed E-state index contributed by atoms with van der Waals surface area (Å²) in [4.78, 5) is 25.1. The topological polar surface area (TPSA) is 88.8 Å². The normalized spacial score (nSPS) is 18.6. The molecule has 1 aromatic carbocycles. The van der Waals surface area contributed by atoms with E-state index in [1.54, 1.807) is 12.4 Å². The molecule has 0 radical (unpaired) electrons. The second-order valence-electron chi connectivity index (χ2n) is 7.19. The lowest BCUT2D eigenvalue weighted by molar-refractivity contribution is 0.0933. The summed E-state index contributed by atoms with van der Waals surface area (Å²) in [6.07, 6.45) is 9.23. The predicted octanol–water partition coefficient (Wildman–Crippen LogP) is 2.29. The quantitative estimate of drug-likeness (QED) is 0.713. The van der Waals surface area contributed by atoms with E-state index < -0.39 is 5.82 Å². The molecule has 29 heavy (non-hydrogen) atoms. The predicted molar refractivity (Wildman–Crippen MR) is 105 cm³/mol. The Hall–Kier alpha value is -3.36. The Bertz CT molecular complexity index is 991. The van der Waals surface area contributed by atoms with Gasteiger partial charge in [-0.25, -0.2) is 9.37 Å². The maximum absolute atomic E-state index is 13.9. The zero-order valence-corrected chi connectivity index (χ0v) is 16.3. The van der Waals surface area contributed by atoms with Gasteiger partial charge in [-0.3, -0.25) is 9.78 Å². The molecule has 150 valence electrons. The fraction of sp³-hybridized carbons (Fsp3) is 0.350. The van der Waals surface area contributed by atoms with Gasteiger partial charge in [0.25, 0.3) is 5.91 Å². The zero-order valence-electron chi connectivity index (χ0n) is 16.3. The van der Waals surface area contributed by atoms with E-state index in [0.29, 0.717) is 5.69 Å². The number of amides is 1. The van der Waals surface area contributed by atoms with E-state index >= 15 is 0 Å². The largest absolute Gasteiger partial charge is 0.353 e. The van der Waals surface area contributed by atoms with Crippen LogP contribution in [0.15, 0.2) is 43.0 Å². The Morgan fingerprint density at radius 1 is 1.21 bits per heavy atom. The zero-order chi connectivity index (χ0) is 20.4. The van der Waals surface area contributed by atoms with Gasteiger partial charge in [0.1, 0.15) is 11.6 Å². The van der Waals surface area contributed by atoms with Gasteiger partial charge in [-0.1, -0.05) is 0 Å². The van der Waals surface area contributed by atoms with E-state index in [9.17, 15) is 9.18 Å². The first kappa shape index (κ1) is 19.0. The number of benzene rings is 1. The lowest BCUT2D eigenvalue weighted by Crippen LogP contribution is -2.48. The number of hydrogen-bond donors (Lipinski definition) is 1. The van der Waals surface area contributed by atoms with Crippen LogP contribution in [-0.2, 0) is 0 Å². The number of carbonyl (C=O) groups excluding carboxylic acids is 1. The number of aryl methyl sites for hydroxylation is 1. The molecular formula is C20H22FN7O. The van der Waals surface area contributed by atoms with E-state index in [0.717, 1.165) is 30.8 Å². The van der Waals surface area contributed by atoms with Crippen molar-refractivity contribution in [3.8, 4) is 5.69 Å². The molecule has 1 saturated carbocycles. The van der Waals surface area contributed by atoms with Crippen molar-refractivity contribution in [2.75, 3.05) is 11.9 Å². The van der Waals surface area contributed by atoms with E-state index in [1.807, 2.05) is 18.9 Å². The molecule has 1 fully saturated rings. The lowest BCUT2D eigenvalue weighted by Gasteiger charge is -2.31. The Morgan fingerprint density at radius 2 is 2.00 bits per heavy atom. The Labute approximate surface area is 167 Å². The molecule has 0 aliphatic heterocycles. The summed E-state index contributed by atoms with van der Waals surface area (Å²) < 4.78 is 13.9. The average Bonchev–Trinajstić information content (AvgIpc) is 3.40. The second kappa shape index (κ2) is 7.94. The van der Waals surface area contributed by atoms with Crippen molar-refractivity contribution in [3.63, 3.8) is 0 Å². The van der Waals surface area contributed by atoms with E-state index in [4.69, 9.17) is 0 Å². The number of rotatable bonds is 5. The Balaban J connectivity index is 1.55. The van der Waals surface area contributed by atoms with Crippen LogP contribution in [0.1, 0.15) is 35.3 Å². The van der Waals surface area contributed by atoms with Crippen LogP contribution in [0, 0.1) is 12.7 Å². The van der Waals surface area contributed by atoms with Crippen molar-refractivity contribution in [2.24, 2.45) is 0 Å². The van der Waals surface area contributed by atoms with E-state index in [-0.39, 0.29) is 23.6 Å². The van der Waals surface area contributed by atoms with Crippen molar-refractivity contribution in [3.05, 3.63) is 60.1 Å². The van der Waals surface area contributed by atoms with Gasteiger partial charge in [0.2, 0.25) is 0 Å². The van der Waals surface area contributed by atoms with Crippen LogP contribution in [0.2, 0.25) is 0 Å². The fourth-order valence-corrected chi connectivity index (χ4v) is 3.76. The average molecular weight is 395 g/mol.